The minimum Gasteiger partial charge on any atom is -0.355 e. The van der Waals surface area contributed by atoms with Crippen LogP contribution in [0.5, 0.6) is 0 Å². The van der Waals surface area contributed by atoms with Crippen molar-refractivity contribution in [1.29, 1.82) is 0 Å². The van der Waals surface area contributed by atoms with Gasteiger partial charge in [0.25, 0.3) is 5.43 Å². The van der Waals surface area contributed by atoms with Gasteiger partial charge in [-0.05, 0) is 23.1 Å². The van der Waals surface area contributed by atoms with Crippen LogP contribution in [-0.2, 0) is 5.41 Å². The standard InChI is InChI=1S/C13H14N2O3/c1-13(2,3)8-4-5-10-9(6-8)12(16)11(7-14-10)15(17)18/h4-7H,1-3H3,(H,14,16). The van der Waals surface area contributed by atoms with E-state index < -0.39 is 16.0 Å². The first kappa shape index (κ1) is 12.3. The second-order valence-electron chi connectivity index (χ2n) is 5.27. The van der Waals surface area contributed by atoms with Gasteiger partial charge in [-0.1, -0.05) is 26.8 Å². The van der Waals surface area contributed by atoms with Gasteiger partial charge in [-0.15, -0.1) is 0 Å². The topological polar surface area (TPSA) is 76.0 Å². The highest BCUT2D eigenvalue weighted by molar-refractivity contribution is 5.81. The molecule has 0 radical (unpaired) electrons. The van der Waals surface area contributed by atoms with E-state index in [0.717, 1.165) is 11.8 Å². The second kappa shape index (κ2) is 3.94. The van der Waals surface area contributed by atoms with Crippen molar-refractivity contribution in [2.24, 2.45) is 0 Å². The predicted octanol–water partition coefficient (Wildman–Crippen LogP) is 2.73. The number of fused-ring (bicyclic) bond motifs is 1. The number of aromatic amines is 1. The van der Waals surface area contributed by atoms with E-state index in [-0.39, 0.29) is 5.41 Å². The van der Waals surface area contributed by atoms with Gasteiger partial charge in [0.2, 0.25) is 0 Å². The van der Waals surface area contributed by atoms with Gasteiger partial charge in [0, 0.05) is 5.52 Å². The summed E-state index contributed by atoms with van der Waals surface area (Å²) in [6.07, 6.45) is 1.14. The highest BCUT2D eigenvalue weighted by Crippen LogP contribution is 2.24. The van der Waals surface area contributed by atoms with Gasteiger partial charge in [-0.3, -0.25) is 14.9 Å². The van der Waals surface area contributed by atoms with E-state index in [1.807, 2.05) is 26.8 Å². The molecule has 0 unspecified atom stereocenters. The summed E-state index contributed by atoms with van der Waals surface area (Å²) < 4.78 is 0. The van der Waals surface area contributed by atoms with E-state index in [0.29, 0.717) is 10.9 Å². The number of aromatic nitrogens is 1. The third-order valence-corrected chi connectivity index (χ3v) is 2.92. The Hall–Kier alpha value is -2.17. The van der Waals surface area contributed by atoms with Gasteiger partial charge >= 0.3 is 5.69 Å². The summed E-state index contributed by atoms with van der Waals surface area (Å²) >= 11 is 0. The Labute approximate surface area is 104 Å². The molecular weight excluding hydrogens is 232 g/mol. The number of hydrogen-bond acceptors (Lipinski definition) is 3. The minimum absolute atomic E-state index is 0.106. The van der Waals surface area contributed by atoms with E-state index in [1.54, 1.807) is 12.1 Å². The monoisotopic (exact) mass is 246 g/mol. The summed E-state index contributed by atoms with van der Waals surface area (Å²) in [7, 11) is 0. The lowest BCUT2D eigenvalue weighted by atomic mass is 9.86. The van der Waals surface area contributed by atoms with Gasteiger partial charge in [0.15, 0.2) is 0 Å². The zero-order valence-electron chi connectivity index (χ0n) is 10.5. The maximum atomic E-state index is 12.0. The maximum Gasteiger partial charge on any atom is 0.332 e. The van der Waals surface area contributed by atoms with Crippen LogP contribution in [0.25, 0.3) is 10.9 Å². The Balaban J connectivity index is 2.79. The van der Waals surface area contributed by atoms with Crippen molar-refractivity contribution < 1.29 is 4.92 Å². The molecule has 94 valence electrons. The molecule has 0 spiro atoms. The normalized spacial score (nSPS) is 11.7. The number of H-pyrrole nitrogens is 1. The number of nitro groups is 1. The highest BCUT2D eigenvalue weighted by atomic mass is 16.6. The fourth-order valence-electron chi connectivity index (χ4n) is 1.81. The van der Waals surface area contributed by atoms with E-state index >= 15 is 0 Å². The molecule has 0 aliphatic heterocycles. The minimum atomic E-state index is -0.665. The average molecular weight is 246 g/mol. The van der Waals surface area contributed by atoms with Gasteiger partial charge in [0.05, 0.1) is 16.5 Å². The first-order valence-electron chi connectivity index (χ1n) is 5.61. The molecule has 1 heterocycles. The summed E-state index contributed by atoms with van der Waals surface area (Å²) in [5.41, 5.74) is 0.513. The molecule has 0 atom stereocenters. The Bertz CT molecular complexity index is 681. The molecule has 1 aromatic carbocycles. The van der Waals surface area contributed by atoms with Crippen LogP contribution in [0.3, 0.4) is 0 Å². The molecule has 0 aliphatic carbocycles. The zero-order valence-corrected chi connectivity index (χ0v) is 10.5. The van der Waals surface area contributed by atoms with Crippen LogP contribution in [0.1, 0.15) is 26.3 Å². The Morgan fingerprint density at radius 3 is 2.50 bits per heavy atom. The average Bonchev–Trinajstić information content (AvgIpc) is 2.27. The van der Waals surface area contributed by atoms with Gasteiger partial charge in [-0.25, -0.2) is 0 Å². The van der Waals surface area contributed by atoms with Crippen LogP contribution in [0.4, 0.5) is 5.69 Å². The smallest absolute Gasteiger partial charge is 0.332 e. The quantitative estimate of drug-likeness (QED) is 0.620. The van der Waals surface area contributed by atoms with Gasteiger partial charge in [-0.2, -0.15) is 0 Å². The van der Waals surface area contributed by atoms with Crippen molar-refractivity contribution in [3.63, 3.8) is 0 Å². The summed E-state index contributed by atoms with van der Waals surface area (Å²) in [4.78, 5) is 24.8. The molecule has 0 amide bonds. The number of nitrogens with one attached hydrogen (secondary N) is 1. The lowest BCUT2D eigenvalue weighted by Crippen LogP contribution is -2.13. The summed E-state index contributed by atoms with van der Waals surface area (Å²) in [5, 5.41) is 11.1. The predicted molar refractivity (Wildman–Crippen MR) is 69.9 cm³/mol. The lowest BCUT2D eigenvalue weighted by Gasteiger charge is -2.19. The van der Waals surface area contributed by atoms with Crippen molar-refractivity contribution in [3.05, 3.63) is 50.3 Å². The van der Waals surface area contributed by atoms with Crippen LogP contribution in [-0.4, -0.2) is 9.91 Å². The Morgan fingerprint density at radius 1 is 1.28 bits per heavy atom. The van der Waals surface area contributed by atoms with Gasteiger partial charge in [0.1, 0.15) is 0 Å². The number of hydrogen-bond donors (Lipinski definition) is 1. The van der Waals surface area contributed by atoms with Crippen LogP contribution in [0, 0.1) is 10.1 Å². The Morgan fingerprint density at radius 2 is 1.94 bits per heavy atom. The lowest BCUT2D eigenvalue weighted by molar-refractivity contribution is -0.386. The summed E-state index contributed by atoms with van der Waals surface area (Å²) in [6, 6.07) is 5.42. The van der Waals surface area contributed by atoms with E-state index in [4.69, 9.17) is 0 Å². The van der Waals surface area contributed by atoms with E-state index in [2.05, 4.69) is 4.98 Å². The Kier molecular flexibility index (Phi) is 2.69. The first-order valence-corrected chi connectivity index (χ1v) is 5.61. The largest absolute Gasteiger partial charge is 0.355 e. The maximum absolute atomic E-state index is 12.0. The molecule has 18 heavy (non-hydrogen) atoms. The summed E-state index contributed by atoms with van der Waals surface area (Å²) in [6.45, 7) is 6.08. The van der Waals surface area contributed by atoms with Crippen LogP contribution in [0.15, 0.2) is 29.2 Å². The van der Waals surface area contributed by atoms with Crippen molar-refractivity contribution in [2.75, 3.05) is 0 Å². The van der Waals surface area contributed by atoms with Crippen molar-refractivity contribution in [1.82, 2.24) is 4.98 Å². The van der Waals surface area contributed by atoms with Crippen LogP contribution >= 0.6 is 0 Å². The van der Waals surface area contributed by atoms with Crippen LogP contribution < -0.4 is 5.43 Å². The molecule has 1 aromatic heterocycles. The zero-order chi connectivity index (χ0) is 13.5. The fourth-order valence-corrected chi connectivity index (χ4v) is 1.81. The van der Waals surface area contributed by atoms with E-state index in [9.17, 15) is 14.9 Å². The molecule has 0 saturated carbocycles. The molecule has 0 bridgehead atoms. The molecule has 5 nitrogen and oxygen atoms in total. The molecule has 5 heteroatoms. The number of pyridine rings is 1. The van der Waals surface area contributed by atoms with E-state index in [1.165, 1.54) is 0 Å². The molecular formula is C13H14N2O3. The first-order chi connectivity index (χ1) is 8.30. The third kappa shape index (κ3) is 1.99. The SMILES string of the molecule is CC(C)(C)c1ccc2[nH]cc([N+](=O)[O-])c(=O)c2c1. The molecule has 0 aliphatic rings. The third-order valence-electron chi connectivity index (χ3n) is 2.92. The number of benzene rings is 1. The molecule has 2 rings (SSSR count). The number of nitrogens with zero attached hydrogens (tertiary/aromatic N) is 1. The molecule has 2 aromatic rings. The fraction of sp³-hybridized carbons (Fsp3) is 0.308. The molecule has 1 N–H and O–H groups in total. The van der Waals surface area contributed by atoms with Crippen LogP contribution in [0.2, 0.25) is 0 Å². The highest BCUT2D eigenvalue weighted by Gasteiger charge is 2.18. The second-order valence-corrected chi connectivity index (χ2v) is 5.27. The summed E-state index contributed by atoms with van der Waals surface area (Å²) in [5.74, 6) is 0. The van der Waals surface area contributed by atoms with Gasteiger partial charge < -0.3 is 4.98 Å². The van der Waals surface area contributed by atoms with Crippen molar-refractivity contribution >= 4 is 16.6 Å². The van der Waals surface area contributed by atoms with Crippen molar-refractivity contribution in [3.8, 4) is 0 Å². The van der Waals surface area contributed by atoms with Crippen molar-refractivity contribution in [2.45, 2.75) is 26.2 Å². The molecule has 0 saturated heterocycles. The number of rotatable bonds is 1. The molecule has 0 fully saturated rings.